The van der Waals surface area contributed by atoms with E-state index >= 15 is 0 Å². The molecule has 1 aromatic carbocycles. The van der Waals surface area contributed by atoms with Gasteiger partial charge in [-0.3, -0.25) is 0 Å². The van der Waals surface area contributed by atoms with Gasteiger partial charge in [0, 0.05) is 5.69 Å². The summed E-state index contributed by atoms with van der Waals surface area (Å²) in [6, 6.07) is 6.08. The van der Waals surface area contributed by atoms with Gasteiger partial charge in [0.1, 0.15) is 0 Å². The highest BCUT2D eigenvalue weighted by Crippen LogP contribution is 2.33. The maximum atomic E-state index is 9.18. The molecule has 1 aromatic rings. The van der Waals surface area contributed by atoms with Gasteiger partial charge in [-0.05, 0) is 60.6 Å². The molecular weight excluding hydrogens is 186 g/mol. The minimum Gasteiger partial charge on any atom is -0.399 e. The Labute approximate surface area is 90.4 Å². The van der Waals surface area contributed by atoms with E-state index in [2.05, 4.69) is 12.1 Å². The molecule has 0 aliphatic heterocycles. The van der Waals surface area contributed by atoms with Gasteiger partial charge in [-0.2, -0.15) is 0 Å². The zero-order chi connectivity index (χ0) is 10.8. The molecule has 0 atom stereocenters. The molecule has 0 saturated heterocycles. The monoisotopic (exact) mass is 203 g/mol. The summed E-state index contributed by atoms with van der Waals surface area (Å²) in [6.07, 6.45) is 3.33. The summed E-state index contributed by atoms with van der Waals surface area (Å²) >= 11 is 0. The van der Waals surface area contributed by atoms with Crippen LogP contribution in [0.15, 0.2) is 23.8 Å². The van der Waals surface area contributed by atoms with Crippen molar-refractivity contribution in [1.82, 2.24) is 0 Å². The lowest BCUT2D eigenvalue weighted by atomic mass is 9.85. The van der Waals surface area contributed by atoms with Crippen molar-refractivity contribution in [3.63, 3.8) is 0 Å². The third kappa shape index (κ3) is 1.90. The molecule has 0 aromatic heterocycles. The summed E-state index contributed by atoms with van der Waals surface area (Å²) in [4.78, 5) is 0. The van der Waals surface area contributed by atoms with Crippen molar-refractivity contribution >= 4 is 11.3 Å². The average molecular weight is 203 g/mol. The van der Waals surface area contributed by atoms with Crippen LogP contribution in [0.3, 0.4) is 0 Å². The van der Waals surface area contributed by atoms with Crippen molar-refractivity contribution in [2.75, 3.05) is 12.3 Å². The molecule has 0 heterocycles. The first kappa shape index (κ1) is 10.2. The number of benzene rings is 1. The first-order chi connectivity index (χ1) is 7.22. The number of allylic oxidation sites excluding steroid dienone is 1. The summed E-state index contributed by atoms with van der Waals surface area (Å²) in [7, 11) is 0. The number of nitrogens with two attached hydrogens (primary N) is 1. The molecule has 3 N–H and O–H groups in total. The number of nitrogen functional groups attached to an aromatic ring is 1. The van der Waals surface area contributed by atoms with E-state index in [4.69, 9.17) is 5.73 Å². The SMILES string of the molecule is C/C(CO)=C1/CCCc2cc(N)ccc21. The van der Waals surface area contributed by atoms with Gasteiger partial charge in [0.25, 0.3) is 0 Å². The standard InChI is InChI=1S/C13H17NO/c1-9(8-15)12-4-2-3-10-7-11(14)5-6-13(10)12/h5-7,15H,2-4,8,14H2,1H3/b12-9+. The van der Waals surface area contributed by atoms with Crippen LogP contribution in [0.5, 0.6) is 0 Å². The third-order valence-corrected chi connectivity index (χ3v) is 3.08. The zero-order valence-corrected chi connectivity index (χ0v) is 9.09. The highest BCUT2D eigenvalue weighted by atomic mass is 16.3. The molecule has 0 saturated carbocycles. The van der Waals surface area contributed by atoms with Crippen molar-refractivity contribution in [1.29, 1.82) is 0 Å². The highest BCUT2D eigenvalue weighted by Gasteiger charge is 2.15. The number of aliphatic hydroxyl groups excluding tert-OH is 1. The van der Waals surface area contributed by atoms with Crippen LogP contribution in [0, 0.1) is 0 Å². The number of rotatable bonds is 1. The molecule has 1 aliphatic rings. The largest absolute Gasteiger partial charge is 0.399 e. The van der Waals surface area contributed by atoms with Crippen LogP contribution in [0.1, 0.15) is 30.9 Å². The summed E-state index contributed by atoms with van der Waals surface area (Å²) in [5, 5.41) is 9.18. The second kappa shape index (κ2) is 4.07. The minimum atomic E-state index is 0.152. The maximum absolute atomic E-state index is 9.18. The smallest absolute Gasteiger partial charge is 0.0644 e. The molecular formula is C13H17NO. The molecule has 80 valence electrons. The van der Waals surface area contributed by atoms with Gasteiger partial charge in [-0.1, -0.05) is 6.07 Å². The summed E-state index contributed by atoms with van der Waals surface area (Å²) < 4.78 is 0. The van der Waals surface area contributed by atoms with Crippen LogP contribution in [-0.2, 0) is 6.42 Å². The number of fused-ring (bicyclic) bond motifs is 1. The molecule has 0 fully saturated rings. The molecule has 0 spiro atoms. The average Bonchev–Trinajstić information content (AvgIpc) is 2.26. The van der Waals surface area contributed by atoms with Crippen LogP contribution >= 0.6 is 0 Å². The molecule has 0 bridgehead atoms. The lowest BCUT2D eigenvalue weighted by Gasteiger charge is -2.21. The molecule has 15 heavy (non-hydrogen) atoms. The van der Waals surface area contributed by atoms with E-state index in [-0.39, 0.29) is 6.61 Å². The number of anilines is 1. The van der Waals surface area contributed by atoms with Gasteiger partial charge in [-0.15, -0.1) is 0 Å². The quantitative estimate of drug-likeness (QED) is 0.688. The number of aliphatic hydroxyl groups is 1. The highest BCUT2D eigenvalue weighted by molar-refractivity contribution is 5.73. The van der Waals surface area contributed by atoms with Crippen molar-refractivity contribution in [3.05, 3.63) is 34.9 Å². The Morgan fingerprint density at radius 1 is 1.40 bits per heavy atom. The zero-order valence-electron chi connectivity index (χ0n) is 9.09. The third-order valence-electron chi connectivity index (χ3n) is 3.08. The van der Waals surface area contributed by atoms with E-state index in [1.165, 1.54) is 16.7 Å². The molecule has 2 nitrogen and oxygen atoms in total. The Bertz CT molecular complexity index is 407. The molecule has 2 heteroatoms. The van der Waals surface area contributed by atoms with Crippen LogP contribution < -0.4 is 5.73 Å². The number of hydrogen-bond donors (Lipinski definition) is 2. The lowest BCUT2D eigenvalue weighted by molar-refractivity contribution is 0.331. The normalized spacial score (nSPS) is 18.5. The number of aryl methyl sites for hydroxylation is 1. The summed E-state index contributed by atoms with van der Waals surface area (Å²) in [6.45, 7) is 2.15. The summed E-state index contributed by atoms with van der Waals surface area (Å²) in [5.41, 5.74) is 11.6. The van der Waals surface area contributed by atoms with Gasteiger partial charge in [0.05, 0.1) is 6.61 Å². The van der Waals surface area contributed by atoms with Gasteiger partial charge >= 0.3 is 0 Å². The molecule has 1 aliphatic carbocycles. The Hall–Kier alpha value is -1.28. The lowest BCUT2D eigenvalue weighted by Crippen LogP contribution is -2.05. The van der Waals surface area contributed by atoms with E-state index in [1.54, 1.807) is 0 Å². The van der Waals surface area contributed by atoms with Crippen LogP contribution in [0.25, 0.3) is 5.57 Å². The van der Waals surface area contributed by atoms with Gasteiger partial charge < -0.3 is 10.8 Å². The Balaban J connectivity index is 2.52. The van der Waals surface area contributed by atoms with Crippen LogP contribution in [-0.4, -0.2) is 11.7 Å². The second-order valence-electron chi connectivity index (χ2n) is 4.19. The predicted octanol–water partition coefficient (Wildman–Crippen LogP) is 2.37. The Kier molecular flexibility index (Phi) is 2.78. The summed E-state index contributed by atoms with van der Waals surface area (Å²) in [5.74, 6) is 0. The second-order valence-corrected chi connectivity index (χ2v) is 4.19. The van der Waals surface area contributed by atoms with Crippen molar-refractivity contribution in [2.45, 2.75) is 26.2 Å². The fourth-order valence-electron chi connectivity index (χ4n) is 2.24. The van der Waals surface area contributed by atoms with Gasteiger partial charge in [-0.25, -0.2) is 0 Å². The van der Waals surface area contributed by atoms with Gasteiger partial charge in [0.2, 0.25) is 0 Å². The van der Waals surface area contributed by atoms with E-state index in [1.807, 2.05) is 13.0 Å². The fourth-order valence-corrected chi connectivity index (χ4v) is 2.24. The van der Waals surface area contributed by atoms with Crippen molar-refractivity contribution in [3.8, 4) is 0 Å². The maximum Gasteiger partial charge on any atom is 0.0644 e. The topological polar surface area (TPSA) is 46.2 Å². The van der Waals surface area contributed by atoms with Crippen molar-refractivity contribution < 1.29 is 5.11 Å². The van der Waals surface area contributed by atoms with Crippen LogP contribution in [0.4, 0.5) is 5.69 Å². The molecule has 0 radical (unpaired) electrons. The first-order valence-corrected chi connectivity index (χ1v) is 5.40. The molecule has 0 unspecified atom stereocenters. The minimum absolute atomic E-state index is 0.152. The molecule has 0 amide bonds. The predicted molar refractivity (Wildman–Crippen MR) is 63.5 cm³/mol. The number of hydrogen-bond acceptors (Lipinski definition) is 2. The van der Waals surface area contributed by atoms with Crippen molar-refractivity contribution in [2.24, 2.45) is 0 Å². The first-order valence-electron chi connectivity index (χ1n) is 5.40. The van der Waals surface area contributed by atoms with E-state index in [9.17, 15) is 5.11 Å². The Morgan fingerprint density at radius 3 is 2.93 bits per heavy atom. The molecule has 2 rings (SSSR count). The van der Waals surface area contributed by atoms with Crippen LogP contribution in [0.2, 0.25) is 0 Å². The van der Waals surface area contributed by atoms with E-state index in [0.29, 0.717) is 0 Å². The van der Waals surface area contributed by atoms with E-state index < -0.39 is 0 Å². The van der Waals surface area contributed by atoms with Gasteiger partial charge in [0.15, 0.2) is 0 Å². The Morgan fingerprint density at radius 2 is 2.20 bits per heavy atom. The van der Waals surface area contributed by atoms with E-state index in [0.717, 1.165) is 30.5 Å². The fraction of sp³-hybridized carbons (Fsp3) is 0.385.